The molecule has 24 heavy (non-hydrogen) atoms. The number of aromatic nitrogens is 2. The fourth-order valence-corrected chi connectivity index (χ4v) is 3.99. The third kappa shape index (κ3) is 5.23. The van der Waals surface area contributed by atoms with Crippen LogP contribution >= 0.6 is 0 Å². The molecule has 0 unspecified atom stereocenters. The van der Waals surface area contributed by atoms with Gasteiger partial charge in [0.2, 0.25) is 0 Å². The molecular weight excluding hydrogens is 300 g/mol. The van der Waals surface area contributed by atoms with E-state index in [1.165, 1.54) is 38.5 Å². The second-order valence-electron chi connectivity index (χ2n) is 7.30. The van der Waals surface area contributed by atoms with Crippen molar-refractivity contribution in [3.05, 3.63) is 24.3 Å². The number of rotatable bonds is 7. The average Bonchev–Trinajstić information content (AvgIpc) is 2.67. The first-order valence-corrected chi connectivity index (χ1v) is 9.65. The van der Waals surface area contributed by atoms with Crippen molar-refractivity contribution >= 4 is 0 Å². The first-order chi connectivity index (χ1) is 11.8. The van der Waals surface area contributed by atoms with Crippen molar-refractivity contribution in [2.75, 3.05) is 32.8 Å². The fraction of sp³-hybridized carbons (Fsp3) is 0.789. The van der Waals surface area contributed by atoms with Crippen molar-refractivity contribution in [1.82, 2.24) is 20.2 Å². The van der Waals surface area contributed by atoms with Crippen LogP contribution in [0.5, 0.6) is 0 Å². The number of hydrogen-bond acceptors (Lipinski definition) is 5. The number of morpholine rings is 1. The maximum absolute atomic E-state index is 5.46. The van der Waals surface area contributed by atoms with Gasteiger partial charge in [-0.2, -0.15) is 0 Å². The Morgan fingerprint density at radius 1 is 1.17 bits per heavy atom. The summed E-state index contributed by atoms with van der Waals surface area (Å²) >= 11 is 0. The maximum Gasteiger partial charge on any atom is 0.145 e. The molecule has 1 saturated carbocycles. The highest BCUT2D eigenvalue weighted by atomic mass is 16.5. The van der Waals surface area contributed by atoms with Gasteiger partial charge in [-0.25, -0.2) is 9.97 Å². The van der Waals surface area contributed by atoms with Gasteiger partial charge in [-0.05, 0) is 25.3 Å². The summed E-state index contributed by atoms with van der Waals surface area (Å²) in [6.07, 6.45) is 11.8. The largest absolute Gasteiger partial charge is 0.379 e. The molecule has 5 heteroatoms. The number of ether oxygens (including phenoxy) is 1. The predicted octanol–water partition coefficient (Wildman–Crippen LogP) is 2.80. The van der Waals surface area contributed by atoms with Gasteiger partial charge in [0.05, 0.1) is 19.3 Å². The van der Waals surface area contributed by atoms with E-state index in [1.807, 2.05) is 18.5 Å². The minimum atomic E-state index is 0.276. The molecule has 2 heterocycles. The Kier molecular flexibility index (Phi) is 6.99. The third-order valence-corrected chi connectivity index (χ3v) is 5.52. The number of hydrogen-bond donors (Lipinski definition) is 1. The van der Waals surface area contributed by atoms with Gasteiger partial charge in [0.1, 0.15) is 5.82 Å². The maximum atomic E-state index is 5.46. The van der Waals surface area contributed by atoms with Gasteiger partial charge in [0.15, 0.2) is 0 Å². The van der Waals surface area contributed by atoms with Crippen molar-refractivity contribution in [3.8, 4) is 0 Å². The molecule has 0 amide bonds. The number of nitrogens with zero attached hydrogens (tertiary/aromatic N) is 3. The Balaban J connectivity index is 1.56. The molecule has 1 aliphatic heterocycles. The van der Waals surface area contributed by atoms with E-state index in [0.29, 0.717) is 6.04 Å². The lowest BCUT2D eigenvalue weighted by molar-refractivity contribution is 0.0196. The lowest BCUT2D eigenvalue weighted by atomic mass is 9.84. The Labute approximate surface area is 146 Å². The van der Waals surface area contributed by atoms with Crippen LogP contribution in [0.4, 0.5) is 0 Å². The molecule has 2 aliphatic rings. The molecule has 1 saturated heterocycles. The van der Waals surface area contributed by atoms with Crippen LogP contribution in [0, 0.1) is 5.92 Å². The second-order valence-corrected chi connectivity index (χ2v) is 7.30. The van der Waals surface area contributed by atoms with Gasteiger partial charge in [-0.15, -0.1) is 0 Å². The van der Waals surface area contributed by atoms with Gasteiger partial charge in [-0.1, -0.05) is 32.1 Å². The van der Waals surface area contributed by atoms with Crippen molar-refractivity contribution < 1.29 is 4.74 Å². The summed E-state index contributed by atoms with van der Waals surface area (Å²) in [6, 6.07) is 2.70. The van der Waals surface area contributed by atoms with Crippen LogP contribution < -0.4 is 5.32 Å². The Morgan fingerprint density at radius 2 is 1.88 bits per heavy atom. The van der Waals surface area contributed by atoms with Crippen molar-refractivity contribution in [2.45, 2.75) is 57.5 Å². The molecule has 2 atom stereocenters. The molecule has 1 aliphatic carbocycles. The molecule has 5 nitrogen and oxygen atoms in total. The van der Waals surface area contributed by atoms with E-state index in [9.17, 15) is 0 Å². The molecule has 3 rings (SSSR count). The molecule has 1 aromatic heterocycles. The molecule has 1 N–H and O–H groups in total. The van der Waals surface area contributed by atoms with Gasteiger partial charge in [0, 0.05) is 38.1 Å². The van der Waals surface area contributed by atoms with E-state index in [1.54, 1.807) is 0 Å². The SMILES string of the molecule is C[C@H](CN[C@H](CC1CCCCC1)c1ncccn1)N1CCOCC1. The fourth-order valence-electron chi connectivity index (χ4n) is 3.99. The standard InChI is InChI=1S/C19H32N4O/c1-16(23-10-12-24-13-11-23)15-22-18(19-20-8-5-9-21-19)14-17-6-3-2-4-7-17/h5,8-9,16-18,22H,2-4,6-7,10-15H2,1H3/t16-,18-/m1/s1. The van der Waals surface area contributed by atoms with Crippen molar-refractivity contribution in [1.29, 1.82) is 0 Å². The van der Waals surface area contributed by atoms with Crippen LogP contribution in [0.2, 0.25) is 0 Å². The topological polar surface area (TPSA) is 50.3 Å². The van der Waals surface area contributed by atoms with E-state index in [2.05, 4.69) is 27.1 Å². The highest BCUT2D eigenvalue weighted by molar-refractivity contribution is 4.97. The van der Waals surface area contributed by atoms with Crippen LogP contribution in [-0.4, -0.2) is 53.8 Å². The van der Waals surface area contributed by atoms with Crippen LogP contribution in [0.3, 0.4) is 0 Å². The summed E-state index contributed by atoms with van der Waals surface area (Å²) in [5, 5.41) is 3.77. The lowest BCUT2D eigenvalue weighted by Crippen LogP contribution is -2.47. The first-order valence-electron chi connectivity index (χ1n) is 9.65. The lowest BCUT2D eigenvalue weighted by Gasteiger charge is -2.34. The molecule has 1 aromatic rings. The zero-order valence-corrected chi connectivity index (χ0v) is 15.0. The summed E-state index contributed by atoms with van der Waals surface area (Å²) in [5.41, 5.74) is 0. The summed E-state index contributed by atoms with van der Waals surface area (Å²) in [7, 11) is 0. The Bertz CT molecular complexity index is 458. The summed E-state index contributed by atoms with van der Waals surface area (Å²) in [5.74, 6) is 1.77. The van der Waals surface area contributed by atoms with E-state index in [0.717, 1.165) is 44.6 Å². The molecule has 0 aromatic carbocycles. The van der Waals surface area contributed by atoms with Gasteiger partial charge in [0.25, 0.3) is 0 Å². The smallest absolute Gasteiger partial charge is 0.145 e. The Hall–Kier alpha value is -1.04. The summed E-state index contributed by atoms with van der Waals surface area (Å²) < 4.78 is 5.46. The van der Waals surface area contributed by atoms with Gasteiger partial charge in [-0.3, -0.25) is 4.90 Å². The normalized spacial score (nSPS) is 23.0. The van der Waals surface area contributed by atoms with E-state index < -0.39 is 0 Å². The first kappa shape index (κ1) is 17.8. The zero-order chi connectivity index (χ0) is 16.6. The van der Waals surface area contributed by atoms with E-state index in [4.69, 9.17) is 4.74 Å². The Morgan fingerprint density at radius 3 is 2.58 bits per heavy atom. The quantitative estimate of drug-likeness (QED) is 0.832. The predicted molar refractivity (Wildman–Crippen MR) is 95.8 cm³/mol. The zero-order valence-electron chi connectivity index (χ0n) is 15.0. The van der Waals surface area contributed by atoms with Crippen molar-refractivity contribution in [2.24, 2.45) is 5.92 Å². The van der Waals surface area contributed by atoms with Crippen LogP contribution in [0.1, 0.15) is 57.3 Å². The van der Waals surface area contributed by atoms with Crippen LogP contribution in [-0.2, 0) is 4.74 Å². The third-order valence-electron chi connectivity index (χ3n) is 5.52. The summed E-state index contributed by atoms with van der Waals surface area (Å²) in [6.45, 7) is 7.09. The molecule has 134 valence electrons. The minimum Gasteiger partial charge on any atom is -0.379 e. The van der Waals surface area contributed by atoms with E-state index in [-0.39, 0.29) is 6.04 Å². The molecule has 0 bridgehead atoms. The summed E-state index contributed by atoms with van der Waals surface area (Å²) in [4.78, 5) is 11.6. The molecule has 0 spiro atoms. The molecule has 2 fully saturated rings. The monoisotopic (exact) mass is 332 g/mol. The second kappa shape index (κ2) is 9.44. The molecule has 0 radical (unpaired) electrons. The van der Waals surface area contributed by atoms with Crippen LogP contribution in [0.25, 0.3) is 0 Å². The van der Waals surface area contributed by atoms with Crippen molar-refractivity contribution in [3.63, 3.8) is 0 Å². The number of nitrogens with one attached hydrogen (secondary N) is 1. The van der Waals surface area contributed by atoms with E-state index >= 15 is 0 Å². The van der Waals surface area contributed by atoms with Gasteiger partial charge < -0.3 is 10.1 Å². The highest BCUT2D eigenvalue weighted by Crippen LogP contribution is 2.30. The minimum absolute atomic E-state index is 0.276. The molecular formula is C19H32N4O. The highest BCUT2D eigenvalue weighted by Gasteiger charge is 2.23. The van der Waals surface area contributed by atoms with Gasteiger partial charge >= 0.3 is 0 Å². The average molecular weight is 332 g/mol. The van der Waals surface area contributed by atoms with Crippen LogP contribution in [0.15, 0.2) is 18.5 Å².